The molecule has 1 aliphatic rings. The van der Waals surface area contributed by atoms with Gasteiger partial charge in [-0.1, -0.05) is 44.7 Å². The minimum absolute atomic E-state index is 0.260. The summed E-state index contributed by atoms with van der Waals surface area (Å²) in [4.78, 5) is 0. The van der Waals surface area contributed by atoms with Crippen molar-refractivity contribution < 1.29 is 4.74 Å². The molecule has 3 unspecified atom stereocenters. The lowest BCUT2D eigenvalue weighted by molar-refractivity contribution is 0.176. The van der Waals surface area contributed by atoms with Crippen molar-refractivity contribution in [3.05, 3.63) is 29.8 Å². The highest BCUT2D eigenvalue weighted by Gasteiger charge is 2.31. The van der Waals surface area contributed by atoms with Crippen LogP contribution in [0.5, 0.6) is 5.75 Å². The van der Waals surface area contributed by atoms with Gasteiger partial charge in [0.05, 0.1) is 7.11 Å². The molecule has 1 aliphatic carbocycles. The van der Waals surface area contributed by atoms with Gasteiger partial charge in [-0.05, 0) is 36.0 Å². The molecule has 1 fully saturated rings. The monoisotopic (exact) mass is 262 g/mol. The molecule has 1 aromatic carbocycles. The van der Waals surface area contributed by atoms with Crippen molar-refractivity contribution in [3.8, 4) is 5.75 Å². The van der Waals surface area contributed by atoms with Crippen LogP contribution >= 0.6 is 0 Å². The van der Waals surface area contributed by atoms with Gasteiger partial charge in [0.15, 0.2) is 0 Å². The molecule has 0 heterocycles. The standard InChI is InChI=1S/C16H26N2O/c1-3-12-6-4-5-7-15(12)16(18-17)13-8-10-14(19-2)11-9-13/h8-12,15-16,18H,3-7,17H2,1-2H3. The van der Waals surface area contributed by atoms with Gasteiger partial charge in [0.25, 0.3) is 0 Å². The van der Waals surface area contributed by atoms with E-state index < -0.39 is 0 Å². The Bertz CT molecular complexity index is 377. The summed E-state index contributed by atoms with van der Waals surface area (Å²) in [7, 11) is 1.70. The van der Waals surface area contributed by atoms with Crippen LogP contribution in [0.2, 0.25) is 0 Å². The Morgan fingerprint density at radius 2 is 1.95 bits per heavy atom. The average molecular weight is 262 g/mol. The van der Waals surface area contributed by atoms with Crippen LogP contribution in [0.3, 0.4) is 0 Å². The molecule has 3 atom stereocenters. The maximum Gasteiger partial charge on any atom is 0.118 e. The van der Waals surface area contributed by atoms with Crippen LogP contribution in [0.15, 0.2) is 24.3 Å². The average Bonchev–Trinajstić information content (AvgIpc) is 2.49. The summed E-state index contributed by atoms with van der Waals surface area (Å²) in [6.07, 6.45) is 6.57. The second kappa shape index (κ2) is 6.92. The van der Waals surface area contributed by atoms with Gasteiger partial charge in [-0.3, -0.25) is 11.3 Å². The molecule has 106 valence electrons. The molecule has 0 saturated heterocycles. The zero-order valence-corrected chi connectivity index (χ0v) is 12.1. The molecule has 3 nitrogen and oxygen atoms in total. The van der Waals surface area contributed by atoms with E-state index in [4.69, 9.17) is 10.6 Å². The number of ether oxygens (including phenoxy) is 1. The molecule has 3 heteroatoms. The van der Waals surface area contributed by atoms with Crippen LogP contribution in [-0.2, 0) is 0 Å². The van der Waals surface area contributed by atoms with E-state index in [1.807, 2.05) is 12.1 Å². The maximum absolute atomic E-state index is 5.84. The van der Waals surface area contributed by atoms with Crippen molar-refractivity contribution in [1.29, 1.82) is 0 Å². The number of nitrogens with two attached hydrogens (primary N) is 1. The van der Waals surface area contributed by atoms with Crippen LogP contribution in [0.4, 0.5) is 0 Å². The summed E-state index contributed by atoms with van der Waals surface area (Å²) in [5, 5.41) is 0. The van der Waals surface area contributed by atoms with Crippen LogP contribution in [0, 0.1) is 11.8 Å². The van der Waals surface area contributed by atoms with Crippen molar-refractivity contribution in [3.63, 3.8) is 0 Å². The first-order valence-electron chi connectivity index (χ1n) is 7.40. The lowest BCUT2D eigenvalue weighted by atomic mass is 9.72. The number of hydrogen-bond acceptors (Lipinski definition) is 3. The van der Waals surface area contributed by atoms with E-state index in [0.29, 0.717) is 5.92 Å². The van der Waals surface area contributed by atoms with E-state index >= 15 is 0 Å². The molecule has 1 aromatic rings. The summed E-state index contributed by atoms with van der Waals surface area (Å²) in [5.74, 6) is 8.18. The predicted molar refractivity (Wildman–Crippen MR) is 78.8 cm³/mol. The molecule has 0 bridgehead atoms. The third kappa shape index (κ3) is 3.28. The van der Waals surface area contributed by atoms with Crippen molar-refractivity contribution in [1.82, 2.24) is 5.43 Å². The van der Waals surface area contributed by atoms with Crippen molar-refractivity contribution >= 4 is 0 Å². The second-order valence-corrected chi connectivity index (χ2v) is 5.53. The molecule has 0 spiro atoms. The summed E-state index contributed by atoms with van der Waals surface area (Å²) in [5.41, 5.74) is 4.32. The summed E-state index contributed by atoms with van der Waals surface area (Å²) in [6.45, 7) is 2.30. The number of benzene rings is 1. The van der Waals surface area contributed by atoms with Gasteiger partial charge in [-0.25, -0.2) is 0 Å². The fraction of sp³-hybridized carbons (Fsp3) is 0.625. The summed E-state index contributed by atoms with van der Waals surface area (Å²) < 4.78 is 5.22. The Labute approximate surface area is 116 Å². The maximum atomic E-state index is 5.84. The fourth-order valence-corrected chi connectivity index (χ4v) is 3.46. The topological polar surface area (TPSA) is 47.3 Å². The lowest BCUT2D eigenvalue weighted by Crippen LogP contribution is -2.38. The third-order valence-corrected chi connectivity index (χ3v) is 4.57. The van der Waals surface area contributed by atoms with Crippen LogP contribution < -0.4 is 16.0 Å². The molecule has 2 rings (SSSR count). The Kier molecular flexibility index (Phi) is 5.23. The smallest absolute Gasteiger partial charge is 0.118 e. The predicted octanol–water partition coefficient (Wildman–Crippen LogP) is 3.42. The molecule has 19 heavy (non-hydrogen) atoms. The highest BCUT2D eigenvalue weighted by atomic mass is 16.5. The molecule has 0 aromatic heterocycles. The molecule has 3 N–H and O–H groups in total. The largest absolute Gasteiger partial charge is 0.497 e. The van der Waals surface area contributed by atoms with Crippen LogP contribution in [-0.4, -0.2) is 7.11 Å². The van der Waals surface area contributed by atoms with Gasteiger partial charge in [-0.15, -0.1) is 0 Å². The number of rotatable bonds is 5. The number of nitrogens with one attached hydrogen (secondary N) is 1. The molecule has 0 aliphatic heterocycles. The van der Waals surface area contributed by atoms with Crippen molar-refractivity contribution in [2.24, 2.45) is 17.7 Å². The Morgan fingerprint density at radius 1 is 1.26 bits per heavy atom. The van der Waals surface area contributed by atoms with Gasteiger partial charge in [0.2, 0.25) is 0 Å². The van der Waals surface area contributed by atoms with Gasteiger partial charge >= 0.3 is 0 Å². The zero-order chi connectivity index (χ0) is 13.7. The van der Waals surface area contributed by atoms with E-state index in [0.717, 1.165) is 11.7 Å². The summed E-state index contributed by atoms with van der Waals surface area (Å²) >= 11 is 0. The van der Waals surface area contributed by atoms with Gasteiger partial charge < -0.3 is 4.74 Å². The van der Waals surface area contributed by atoms with E-state index in [2.05, 4.69) is 24.5 Å². The summed E-state index contributed by atoms with van der Waals surface area (Å²) in [6, 6.07) is 8.55. The Hall–Kier alpha value is -1.06. The highest BCUT2D eigenvalue weighted by Crippen LogP contribution is 2.40. The number of hydrogen-bond donors (Lipinski definition) is 2. The fourth-order valence-electron chi connectivity index (χ4n) is 3.46. The van der Waals surface area contributed by atoms with E-state index in [-0.39, 0.29) is 6.04 Å². The first-order chi connectivity index (χ1) is 9.30. The molecular formula is C16H26N2O. The minimum Gasteiger partial charge on any atom is -0.497 e. The Morgan fingerprint density at radius 3 is 2.53 bits per heavy atom. The highest BCUT2D eigenvalue weighted by molar-refractivity contribution is 5.29. The second-order valence-electron chi connectivity index (χ2n) is 5.53. The quantitative estimate of drug-likeness (QED) is 0.631. The first-order valence-corrected chi connectivity index (χ1v) is 7.40. The number of methoxy groups -OCH3 is 1. The van der Waals surface area contributed by atoms with Gasteiger partial charge in [0, 0.05) is 6.04 Å². The SMILES string of the molecule is CCC1CCCCC1C(NN)c1ccc(OC)cc1. The minimum atomic E-state index is 0.260. The van der Waals surface area contributed by atoms with Crippen molar-refractivity contribution in [2.75, 3.05) is 7.11 Å². The van der Waals surface area contributed by atoms with E-state index in [9.17, 15) is 0 Å². The molecule has 0 radical (unpaired) electrons. The molecule has 0 amide bonds. The normalized spacial score (nSPS) is 25.0. The third-order valence-electron chi connectivity index (χ3n) is 4.57. The van der Waals surface area contributed by atoms with E-state index in [1.165, 1.54) is 37.7 Å². The van der Waals surface area contributed by atoms with E-state index in [1.54, 1.807) is 7.11 Å². The van der Waals surface area contributed by atoms with Crippen LogP contribution in [0.25, 0.3) is 0 Å². The van der Waals surface area contributed by atoms with Crippen LogP contribution in [0.1, 0.15) is 50.6 Å². The van der Waals surface area contributed by atoms with Gasteiger partial charge in [-0.2, -0.15) is 0 Å². The Balaban J connectivity index is 2.17. The number of hydrazine groups is 1. The zero-order valence-electron chi connectivity index (χ0n) is 12.1. The lowest BCUT2D eigenvalue weighted by Gasteiger charge is -2.36. The first kappa shape index (κ1) is 14.4. The molecule has 1 saturated carbocycles. The molecular weight excluding hydrogens is 236 g/mol. The van der Waals surface area contributed by atoms with Gasteiger partial charge in [0.1, 0.15) is 5.75 Å². The van der Waals surface area contributed by atoms with Crippen molar-refractivity contribution in [2.45, 2.75) is 45.1 Å².